The normalized spacial score (nSPS) is 24.4. The second-order valence-corrected chi connectivity index (χ2v) is 2.48. The van der Waals surface area contributed by atoms with E-state index in [2.05, 4.69) is 10.6 Å². The number of piperazine rings is 1. The highest BCUT2D eigenvalue weighted by atomic mass is 16.4. The van der Waals surface area contributed by atoms with Crippen molar-refractivity contribution in [2.45, 2.75) is 12.5 Å². The molecule has 3 N–H and O–H groups in total. The molecule has 0 aliphatic carbocycles. The molecule has 1 fully saturated rings. The number of carbonyl (C=O) groups is 2. The summed E-state index contributed by atoms with van der Waals surface area (Å²) in [6.45, 7) is 0.628. The molecule has 0 spiro atoms. The van der Waals surface area contributed by atoms with E-state index in [0.29, 0.717) is 6.54 Å². The van der Waals surface area contributed by atoms with Crippen LogP contribution in [0.15, 0.2) is 0 Å². The number of nitrogens with one attached hydrogen (secondary N) is 2. The number of carboxylic acid groups (broad SMARTS) is 1. The molecular weight excluding hydrogens is 148 g/mol. The van der Waals surface area contributed by atoms with Gasteiger partial charge in [-0.25, -0.2) is 0 Å². The van der Waals surface area contributed by atoms with Gasteiger partial charge in [0.25, 0.3) is 0 Å². The smallest absolute Gasteiger partial charge is 0.304 e. The third-order valence-electron chi connectivity index (χ3n) is 1.52. The highest BCUT2D eigenvalue weighted by molar-refractivity contribution is 5.79. The molecule has 5 nitrogen and oxygen atoms in total. The minimum atomic E-state index is -0.848. The van der Waals surface area contributed by atoms with E-state index in [-0.39, 0.29) is 24.9 Å². The summed E-state index contributed by atoms with van der Waals surface area (Å²) in [7, 11) is 0. The van der Waals surface area contributed by atoms with Gasteiger partial charge in [0.15, 0.2) is 0 Å². The number of aliphatic carboxylic acids is 1. The van der Waals surface area contributed by atoms with E-state index in [1.165, 1.54) is 0 Å². The second kappa shape index (κ2) is 3.34. The summed E-state index contributed by atoms with van der Waals surface area (Å²) in [5.74, 6) is -0.926. The van der Waals surface area contributed by atoms with Crippen LogP contribution in [-0.2, 0) is 9.59 Å². The third-order valence-corrected chi connectivity index (χ3v) is 1.52. The van der Waals surface area contributed by atoms with Gasteiger partial charge in [-0.05, 0) is 0 Å². The van der Waals surface area contributed by atoms with Crippen molar-refractivity contribution < 1.29 is 14.7 Å². The summed E-state index contributed by atoms with van der Waals surface area (Å²) in [6.07, 6.45) is 0.0558. The Kier molecular flexibility index (Phi) is 2.43. The fourth-order valence-corrected chi connectivity index (χ4v) is 0.964. The zero-order valence-electron chi connectivity index (χ0n) is 5.96. The Balaban J connectivity index is 2.28. The summed E-state index contributed by atoms with van der Waals surface area (Å²) < 4.78 is 0. The monoisotopic (exact) mass is 158 g/mol. The molecule has 1 aliphatic rings. The first kappa shape index (κ1) is 8.00. The number of carbonyl (C=O) groups excluding carboxylic acids is 1. The molecule has 62 valence electrons. The van der Waals surface area contributed by atoms with Crippen molar-refractivity contribution in [2.24, 2.45) is 0 Å². The van der Waals surface area contributed by atoms with E-state index in [0.717, 1.165) is 0 Å². The zero-order chi connectivity index (χ0) is 8.27. The molecule has 0 bridgehead atoms. The summed E-state index contributed by atoms with van der Waals surface area (Å²) >= 11 is 0. The number of hydrogen-bond acceptors (Lipinski definition) is 3. The molecule has 0 aromatic rings. The largest absolute Gasteiger partial charge is 0.481 e. The van der Waals surface area contributed by atoms with Crippen LogP contribution in [-0.4, -0.2) is 36.1 Å². The molecular formula is C6H10N2O3. The lowest BCUT2D eigenvalue weighted by atomic mass is 10.2. The maximum absolute atomic E-state index is 10.6. The molecule has 1 amide bonds. The number of rotatable bonds is 2. The maximum atomic E-state index is 10.6. The molecule has 1 saturated heterocycles. The Morgan fingerprint density at radius 1 is 1.73 bits per heavy atom. The molecule has 0 radical (unpaired) electrons. The van der Waals surface area contributed by atoms with Crippen molar-refractivity contribution in [3.8, 4) is 0 Å². The Morgan fingerprint density at radius 3 is 2.91 bits per heavy atom. The summed E-state index contributed by atoms with van der Waals surface area (Å²) in [4.78, 5) is 20.8. The van der Waals surface area contributed by atoms with Crippen molar-refractivity contribution >= 4 is 11.9 Å². The molecule has 1 aliphatic heterocycles. The molecule has 0 saturated carbocycles. The van der Waals surface area contributed by atoms with E-state index in [4.69, 9.17) is 5.11 Å². The van der Waals surface area contributed by atoms with Gasteiger partial charge in [-0.2, -0.15) is 0 Å². The van der Waals surface area contributed by atoms with E-state index in [1.807, 2.05) is 0 Å². The first-order valence-electron chi connectivity index (χ1n) is 3.40. The third kappa shape index (κ3) is 2.55. The lowest BCUT2D eigenvalue weighted by Gasteiger charge is -2.22. The van der Waals surface area contributed by atoms with Gasteiger partial charge in [0.1, 0.15) is 0 Å². The second-order valence-electron chi connectivity index (χ2n) is 2.48. The Labute approximate surface area is 63.8 Å². The molecule has 0 aromatic carbocycles. The van der Waals surface area contributed by atoms with E-state index >= 15 is 0 Å². The zero-order valence-corrected chi connectivity index (χ0v) is 5.96. The van der Waals surface area contributed by atoms with E-state index in [9.17, 15) is 9.59 Å². The fourth-order valence-electron chi connectivity index (χ4n) is 0.964. The van der Waals surface area contributed by atoms with E-state index in [1.54, 1.807) is 0 Å². The van der Waals surface area contributed by atoms with Crippen molar-refractivity contribution in [1.82, 2.24) is 10.6 Å². The first-order valence-corrected chi connectivity index (χ1v) is 3.40. The van der Waals surface area contributed by atoms with Crippen molar-refractivity contribution in [3.05, 3.63) is 0 Å². The lowest BCUT2D eigenvalue weighted by Crippen LogP contribution is -2.52. The molecule has 0 aromatic heterocycles. The minimum absolute atomic E-state index is 0.0558. The van der Waals surface area contributed by atoms with Crippen molar-refractivity contribution in [3.63, 3.8) is 0 Å². The summed E-state index contributed by atoms with van der Waals surface area (Å²) in [5.41, 5.74) is 0. The van der Waals surface area contributed by atoms with Gasteiger partial charge in [0, 0.05) is 12.6 Å². The summed E-state index contributed by atoms with van der Waals surface area (Å²) in [6, 6.07) is -0.120. The average molecular weight is 158 g/mol. The predicted molar refractivity (Wildman–Crippen MR) is 37.1 cm³/mol. The number of hydrogen-bond donors (Lipinski definition) is 3. The van der Waals surface area contributed by atoms with Gasteiger partial charge in [-0.3, -0.25) is 9.59 Å². The van der Waals surface area contributed by atoms with Gasteiger partial charge < -0.3 is 15.7 Å². The molecule has 1 rings (SSSR count). The first-order chi connectivity index (χ1) is 5.18. The molecule has 11 heavy (non-hydrogen) atoms. The van der Waals surface area contributed by atoms with Gasteiger partial charge in [-0.15, -0.1) is 0 Å². The van der Waals surface area contributed by atoms with Crippen LogP contribution in [0.3, 0.4) is 0 Å². The van der Waals surface area contributed by atoms with Gasteiger partial charge >= 0.3 is 5.97 Å². The van der Waals surface area contributed by atoms with Gasteiger partial charge in [0.05, 0.1) is 13.0 Å². The number of carboxylic acids is 1. The average Bonchev–Trinajstić information content (AvgIpc) is 1.93. The molecule has 0 unspecified atom stereocenters. The fraction of sp³-hybridized carbons (Fsp3) is 0.667. The van der Waals surface area contributed by atoms with Crippen LogP contribution in [0.1, 0.15) is 6.42 Å². The van der Waals surface area contributed by atoms with Gasteiger partial charge in [0.2, 0.25) is 5.91 Å². The lowest BCUT2D eigenvalue weighted by molar-refractivity contribution is -0.138. The van der Waals surface area contributed by atoms with Crippen LogP contribution in [0.5, 0.6) is 0 Å². The highest BCUT2D eigenvalue weighted by Gasteiger charge is 2.18. The topological polar surface area (TPSA) is 78.4 Å². The Bertz CT molecular complexity index is 171. The van der Waals surface area contributed by atoms with Crippen LogP contribution in [0.25, 0.3) is 0 Å². The van der Waals surface area contributed by atoms with Crippen molar-refractivity contribution in [1.29, 1.82) is 0 Å². The minimum Gasteiger partial charge on any atom is -0.481 e. The molecule has 5 heteroatoms. The maximum Gasteiger partial charge on any atom is 0.304 e. The Hall–Kier alpha value is -1.10. The predicted octanol–water partition coefficient (Wildman–Crippen LogP) is -1.45. The van der Waals surface area contributed by atoms with Crippen LogP contribution >= 0.6 is 0 Å². The quantitative estimate of drug-likeness (QED) is 0.459. The van der Waals surface area contributed by atoms with Crippen LogP contribution in [0, 0.1) is 0 Å². The molecule has 1 heterocycles. The van der Waals surface area contributed by atoms with Crippen LogP contribution in [0.4, 0.5) is 0 Å². The highest BCUT2D eigenvalue weighted by Crippen LogP contribution is 1.93. The van der Waals surface area contributed by atoms with Crippen LogP contribution in [0.2, 0.25) is 0 Å². The standard InChI is InChI=1S/C6H10N2O3/c9-5-3-7-4(2-8-5)1-6(10)11/h4,7H,1-3H2,(H,8,9)(H,10,11)/t4-/m1/s1. The van der Waals surface area contributed by atoms with Crippen LogP contribution < -0.4 is 10.6 Å². The summed E-state index contributed by atoms with van der Waals surface area (Å²) in [5, 5.41) is 13.8. The Morgan fingerprint density at radius 2 is 2.45 bits per heavy atom. The molecule has 1 atom stereocenters. The van der Waals surface area contributed by atoms with Gasteiger partial charge in [-0.1, -0.05) is 0 Å². The number of amides is 1. The van der Waals surface area contributed by atoms with Crippen molar-refractivity contribution in [2.75, 3.05) is 13.1 Å². The van der Waals surface area contributed by atoms with E-state index < -0.39 is 5.97 Å². The SMILES string of the molecule is O=C(O)C[C@@H]1CNC(=O)CN1.